The van der Waals surface area contributed by atoms with Crippen LogP contribution < -0.4 is 10.7 Å². The van der Waals surface area contributed by atoms with Gasteiger partial charge in [0.15, 0.2) is 11.2 Å². The van der Waals surface area contributed by atoms with Gasteiger partial charge in [-0.2, -0.15) is 4.31 Å². The number of benzene rings is 2. The van der Waals surface area contributed by atoms with Crippen molar-refractivity contribution in [2.24, 2.45) is 0 Å². The van der Waals surface area contributed by atoms with E-state index in [1.807, 2.05) is 0 Å². The molecule has 0 spiro atoms. The van der Waals surface area contributed by atoms with Crippen LogP contribution in [0.15, 0.2) is 68.7 Å². The number of hydrogen-bond acceptors (Lipinski definition) is 6. The molecule has 0 atom stereocenters. The van der Waals surface area contributed by atoms with Crippen molar-refractivity contribution in [3.05, 3.63) is 70.6 Å². The molecule has 1 aliphatic heterocycles. The summed E-state index contributed by atoms with van der Waals surface area (Å²) in [4.78, 5) is 24.7. The van der Waals surface area contributed by atoms with Gasteiger partial charge in [0, 0.05) is 24.8 Å². The fraction of sp³-hybridized carbons (Fsp3) is 0.200. The molecule has 1 amide bonds. The maximum atomic E-state index is 12.6. The van der Waals surface area contributed by atoms with Crippen LogP contribution in [-0.2, 0) is 14.8 Å². The second-order valence-electron chi connectivity index (χ2n) is 6.47. The van der Waals surface area contributed by atoms with Crippen LogP contribution in [0.5, 0.6) is 0 Å². The number of rotatable bonds is 4. The molecule has 1 aliphatic rings. The molecular formula is C20H18N2O6S. The Morgan fingerprint density at radius 2 is 1.69 bits per heavy atom. The van der Waals surface area contributed by atoms with Gasteiger partial charge in [0.1, 0.15) is 5.58 Å². The maximum absolute atomic E-state index is 12.6. The van der Waals surface area contributed by atoms with Crippen molar-refractivity contribution in [2.75, 3.05) is 31.6 Å². The SMILES string of the molecule is O=C(Nc1ccc(S(=O)(=O)N2CCOCC2)cc1)c1cc(=O)c2ccccc2o1. The highest BCUT2D eigenvalue weighted by Gasteiger charge is 2.26. The number of ether oxygens (including phenoxy) is 1. The number of para-hydroxylation sites is 1. The molecule has 0 unspecified atom stereocenters. The van der Waals surface area contributed by atoms with Crippen LogP contribution in [0.1, 0.15) is 10.6 Å². The Labute approximate surface area is 166 Å². The van der Waals surface area contributed by atoms with E-state index in [9.17, 15) is 18.0 Å². The molecule has 9 heteroatoms. The van der Waals surface area contributed by atoms with Gasteiger partial charge in [-0.15, -0.1) is 0 Å². The quantitative estimate of drug-likeness (QED) is 0.701. The first-order chi connectivity index (χ1) is 13.9. The third kappa shape index (κ3) is 3.93. The number of amides is 1. The first-order valence-corrected chi connectivity index (χ1v) is 10.4. The Balaban J connectivity index is 1.53. The largest absolute Gasteiger partial charge is 0.451 e. The normalized spacial score (nSPS) is 15.3. The molecule has 1 N–H and O–H groups in total. The lowest BCUT2D eigenvalue weighted by Gasteiger charge is -2.26. The van der Waals surface area contributed by atoms with E-state index in [1.54, 1.807) is 24.3 Å². The van der Waals surface area contributed by atoms with Crippen LogP contribution in [0.4, 0.5) is 5.69 Å². The minimum absolute atomic E-state index is 0.126. The van der Waals surface area contributed by atoms with E-state index in [1.165, 1.54) is 28.6 Å². The van der Waals surface area contributed by atoms with Crippen LogP contribution >= 0.6 is 0 Å². The molecule has 1 fully saturated rings. The van der Waals surface area contributed by atoms with Crippen LogP contribution in [-0.4, -0.2) is 44.9 Å². The van der Waals surface area contributed by atoms with Gasteiger partial charge in [-0.1, -0.05) is 12.1 Å². The Morgan fingerprint density at radius 3 is 2.41 bits per heavy atom. The molecule has 4 rings (SSSR count). The van der Waals surface area contributed by atoms with Gasteiger partial charge < -0.3 is 14.5 Å². The Kier molecular flexibility index (Phi) is 5.18. The average Bonchev–Trinajstić information content (AvgIpc) is 2.75. The fourth-order valence-corrected chi connectivity index (χ4v) is 4.46. The second kappa shape index (κ2) is 7.78. The summed E-state index contributed by atoms with van der Waals surface area (Å²) >= 11 is 0. The standard InChI is InChI=1S/C20H18N2O6S/c23-17-13-19(28-18-4-2-1-3-16(17)18)20(24)21-14-5-7-15(8-6-14)29(25,26)22-9-11-27-12-10-22/h1-8,13H,9-12H2,(H,21,24). The molecule has 8 nitrogen and oxygen atoms in total. The molecule has 150 valence electrons. The minimum Gasteiger partial charge on any atom is -0.451 e. The van der Waals surface area contributed by atoms with Crippen molar-refractivity contribution in [2.45, 2.75) is 4.90 Å². The molecular weight excluding hydrogens is 396 g/mol. The summed E-state index contributed by atoms with van der Waals surface area (Å²) in [5.41, 5.74) is 0.382. The van der Waals surface area contributed by atoms with Gasteiger partial charge in [-0.05, 0) is 36.4 Å². The van der Waals surface area contributed by atoms with Gasteiger partial charge in [-0.3, -0.25) is 9.59 Å². The monoisotopic (exact) mass is 414 g/mol. The van der Waals surface area contributed by atoms with Gasteiger partial charge in [-0.25, -0.2) is 8.42 Å². The smallest absolute Gasteiger partial charge is 0.291 e. The second-order valence-corrected chi connectivity index (χ2v) is 8.40. The molecule has 0 aliphatic carbocycles. The summed E-state index contributed by atoms with van der Waals surface area (Å²) in [7, 11) is -3.61. The summed E-state index contributed by atoms with van der Waals surface area (Å²) in [5.74, 6) is -0.727. The summed E-state index contributed by atoms with van der Waals surface area (Å²) in [6.45, 7) is 1.35. The number of carbonyl (C=O) groups is 1. The van der Waals surface area contributed by atoms with Crippen LogP contribution in [0.2, 0.25) is 0 Å². The van der Waals surface area contributed by atoms with Gasteiger partial charge in [0.05, 0.1) is 23.5 Å². The fourth-order valence-electron chi connectivity index (χ4n) is 3.05. The molecule has 2 heterocycles. The number of carbonyl (C=O) groups excluding carboxylic acids is 1. The number of hydrogen-bond donors (Lipinski definition) is 1. The van der Waals surface area contributed by atoms with Crippen molar-refractivity contribution in [1.29, 1.82) is 0 Å². The lowest BCUT2D eigenvalue weighted by molar-refractivity contribution is 0.0730. The minimum atomic E-state index is -3.61. The van der Waals surface area contributed by atoms with Crippen LogP contribution in [0.3, 0.4) is 0 Å². The number of anilines is 1. The first kappa shape index (κ1) is 19.3. The maximum Gasteiger partial charge on any atom is 0.291 e. The molecule has 2 aromatic carbocycles. The van der Waals surface area contributed by atoms with Gasteiger partial charge >= 0.3 is 0 Å². The number of nitrogens with zero attached hydrogens (tertiary/aromatic N) is 1. The lowest BCUT2D eigenvalue weighted by atomic mass is 10.2. The molecule has 1 aromatic heterocycles. The third-order valence-corrected chi connectivity index (χ3v) is 6.49. The van der Waals surface area contributed by atoms with Crippen LogP contribution in [0, 0.1) is 0 Å². The Bertz CT molecular complexity index is 1210. The van der Waals surface area contributed by atoms with Crippen molar-refractivity contribution < 1.29 is 22.4 Å². The number of morpholine rings is 1. The van der Waals surface area contributed by atoms with Crippen molar-refractivity contribution in [3.8, 4) is 0 Å². The van der Waals surface area contributed by atoms with E-state index in [0.29, 0.717) is 43.0 Å². The lowest BCUT2D eigenvalue weighted by Crippen LogP contribution is -2.40. The zero-order chi connectivity index (χ0) is 20.4. The average molecular weight is 414 g/mol. The summed E-state index contributed by atoms with van der Waals surface area (Å²) in [6, 6.07) is 13.6. The number of nitrogens with one attached hydrogen (secondary N) is 1. The van der Waals surface area contributed by atoms with Gasteiger partial charge in [0.25, 0.3) is 5.91 Å². The predicted octanol–water partition coefficient (Wildman–Crippen LogP) is 2.07. The zero-order valence-corrected chi connectivity index (χ0v) is 16.1. The Hall–Kier alpha value is -3.01. The Morgan fingerprint density at radius 1 is 1.00 bits per heavy atom. The van der Waals surface area contributed by atoms with Crippen molar-refractivity contribution in [3.63, 3.8) is 0 Å². The number of sulfonamides is 1. The van der Waals surface area contributed by atoms with E-state index in [-0.39, 0.29) is 16.1 Å². The van der Waals surface area contributed by atoms with Crippen molar-refractivity contribution >= 4 is 32.6 Å². The van der Waals surface area contributed by atoms with Gasteiger partial charge in [0.2, 0.25) is 10.0 Å². The molecule has 3 aromatic rings. The predicted molar refractivity (Wildman–Crippen MR) is 106 cm³/mol. The molecule has 0 bridgehead atoms. The first-order valence-electron chi connectivity index (χ1n) is 8.97. The molecule has 0 radical (unpaired) electrons. The molecule has 29 heavy (non-hydrogen) atoms. The summed E-state index contributed by atoms with van der Waals surface area (Å²) in [5, 5.41) is 3.00. The van der Waals surface area contributed by atoms with Crippen LogP contribution in [0.25, 0.3) is 11.0 Å². The molecule has 0 saturated carbocycles. The molecule has 1 saturated heterocycles. The van der Waals surface area contributed by atoms with E-state index >= 15 is 0 Å². The number of fused-ring (bicyclic) bond motifs is 1. The summed E-state index contributed by atoms with van der Waals surface area (Å²) < 4.78 is 37.3. The topological polar surface area (TPSA) is 106 Å². The van der Waals surface area contributed by atoms with E-state index in [2.05, 4.69) is 5.32 Å². The highest BCUT2D eigenvalue weighted by molar-refractivity contribution is 7.89. The van der Waals surface area contributed by atoms with E-state index < -0.39 is 15.9 Å². The third-order valence-electron chi connectivity index (χ3n) is 4.58. The highest BCUT2D eigenvalue weighted by Crippen LogP contribution is 2.20. The van der Waals surface area contributed by atoms with E-state index in [0.717, 1.165) is 6.07 Å². The van der Waals surface area contributed by atoms with Crippen molar-refractivity contribution in [1.82, 2.24) is 4.31 Å². The highest BCUT2D eigenvalue weighted by atomic mass is 32.2. The summed E-state index contributed by atoms with van der Waals surface area (Å²) in [6.07, 6.45) is 0. The zero-order valence-electron chi connectivity index (χ0n) is 15.3. The van der Waals surface area contributed by atoms with E-state index in [4.69, 9.17) is 9.15 Å².